The van der Waals surface area contributed by atoms with Crippen molar-refractivity contribution in [1.29, 1.82) is 0 Å². The summed E-state index contributed by atoms with van der Waals surface area (Å²) in [5.41, 5.74) is 3.31. The Bertz CT molecular complexity index is 2670. The number of ether oxygens (including phenoxy) is 2. The van der Waals surface area contributed by atoms with Crippen molar-refractivity contribution in [2.24, 2.45) is 0 Å². The second-order valence-electron chi connectivity index (χ2n) is 12.7. The quantitative estimate of drug-likeness (QED) is 0.0739. The number of nitrogens with one attached hydrogen (secondary N) is 2. The number of benzene rings is 4. The highest BCUT2D eigenvalue weighted by Crippen LogP contribution is 2.35. The summed E-state index contributed by atoms with van der Waals surface area (Å²) >= 11 is 0. The highest BCUT2D eigenvalue weighted by Gasteiger charge is 2.35. The summed E-state index contributed by atoms with van der Waals surface area (Å²) in [5, 5.41) is 7.84. The van der Waals surface area contributed by atoms with Crippen molar-refractivity contribution >= 4 is 53.8 Å². The van der Waals surface area contributed by atoms with Gasteiger partial charge >= 0.3 is 18.4 Å². The van der Waals surface area contributed by atoms with Crippen molar-refractivity contribution < 1.29 is 53.6 Å². The van der Waals surface area contributed by atoms with Gasteiger partial charge in [-0.3, -0.25) is 0 Å². The molecule has 0 saturated carbocycles. The Morgan fingerprint density at radius 2 is 1.23 bits per heavy atom. The third kappa shape index (κ3) is 10.9. The molecule has 0 bridgehead atoms. The summed E-state index contributed by atoms with van der Waals surface area (Å²) in [5.74, 6) is 1.06. The number of nitrogens with zero attached hydrogens (tertiary/aromatic N) is 3. The van der Waals surface area contributed by atoms with Crippen LogP contribution in [0, 0.1) is 13.8 Å². The molecule has 4 aromatic carbocycles. The van der Waals surface area contributed by atoms with Crippen LogP contribution in [0.1, 0.15) is 17.0 Å². The van der Waals surface area contributed by atoms with E-state index in [-0.39, 0.29) is 45.9 Å². The van der Waals surface area contributed by atoms with E-state index in [1.54, 1.807) is 48.0 Å². The van der Waals surface area contributed by atoms with E-state index in [1.807, 2.05) is 42.0 Å². The molecule has 14 nitrogen and oxygen atoms in total. The summed E-state index contributed by atoms with van der Waals surface area (Å²) < 4.78 is 112. The van der Waals surface area contributed by atoms with Crippen molar-refractivity contribution in [1.82, 2.24) is 24.4 Å². The standard InChI is InChI=1S/C39H34F3N5O9S4/c1-25-8-10-27(11-9-25)33-24-34(39(40,41)42)43-47(33)30-14-18-32(19-15-30)60(52,53)46-38(49)55-21-23-58-57-22-20-54-37(48)45-59(50,51)31-16-12-29(13-17-31)36-35(26(2)56-44-36)28-6-4-3-5-7-28/h3-19,24H,20-23H2,1-2H3,(H,45,48)(H,46,49). The first-order valence-electron chi connectivity index (χ1n) is 17.6. The molecule has 314 valence electrons. The topological polar surface area (TPSA) is 189 Å². The molecule has 2 heterocycles. The fourth-order valence-corrected chi connectivity index (χ4v) is 9.00. The number of aromatic nitrogens is 3. The van der Waals surface area contributed by atoms with E-state index in [1.165, 1.54) is 45.9 Å². The second kappa shape index (κ2) is 18.7. The average molecular weight is 902 g/mol. The van der Waals surface area contributed by atoms with Crippen molar-refractivity contribution in [2.45, 2.75) is 29.8 Å². The summed E-state index contributed by atoms with van der Waals surface area (Å²) in [6.45, 7) is 3.27. The summed E-state index contributed by atoms with van der Waals surface area (Å²) in [6, 6.07) is 27.6. The SMILES string of the molecule is Cc1ccc(-c2cc(C(F)(F)F)nn2-c2ccc(S(=O)(=O)NC(=O)OCCSSCCOC(=O)NS(=O)(=O)c3ccc(-c4noc(C)c4-c4ccccc4)cc3)cc2)cc1. The van der Waals surface area contributed by atoms with Gasteiger partial charge in [0.25, 0.3) is 20.0 Å². The number of carbonyl (C=O) groups is 2. The lowest BCUT2D eigenvalue weighted by Crippen LogP contribution is -2.31. The lowest BCUT2D eigenvalue weighted by molar-refractivity contribution is -0.141. The van der Waals surface area contributed by atoms with Crippen LogP contribution in [0.15, 0.2) is 124 Å². The zero-order chi connectivity index (χ0) is 43.1. The van der Waals surface area contributed by atoms with Gasteiger partial charge in [0.2, 0.25) is 0 Å². The third-order valence-electron chi connectivity index (χ3n) is 8.42. The monoisotopic (exact) mass is 901 g/mol. The van der Waals surface area contributed by atoms with E-state index >= 15 is 0 Å². The van der Waals surface area contributed by atoms with E-state index in [9.17, 15) is 39.6 Å². The van der Waals surface area contributed by atoms with Gasteiger partial charge in [-0.05, 0) is 61.9 Å². The smallest absolute Gasteiger partial charge is 0.435 e. The zero-order valence-electron chi connectivity index (χ0n) is 31.5. The molecule has 0 spiro atoms. The number of hydrogen-bond acceptors (Lipinski definition) is 13. The van der Waals surface area contributed by atoms with E-state index in [0.29, 0.717) is 22.6 Å². The predicted octanol–water partition coefficient (Wildman–Crippen LogP) is 8.41. The molecule has 0 unspecified atom stereocenters. The third-order valence-corrected chi connectivity index (χ3v) is 13.4. The van der Waals surface area contributed by atoms with Crippen LogP contribution in [0.25, 0.3) is 39.3 Å². The van der Waals surface area contributed by atoms with Crippen LogP contribution in [0.5, 0.6) is 0 Å². The van der Waals surface area contributed by atoms with E-state index in [4.69, 9.17) is 14.0 Å². The van der Waals surface area contributed by atoms with Crippen molar-refractivity contribution in [3.8, 4) is 39.3 Å². The van der Waals surface area contributed by atoms with Gasteiger partial charge in [-0.1, -0.05) is 99.0 Å². The summed E-state index contributed by atoms with van der Waals surface area (Å²) in [4.78, 5) is 24.0. The van der Waals surface area contributed by atoms with Gasteiger partial charge in [0.05, 0.1) is 26.7 Å². The first kappa shape index (κ1) is 43.8. The van der Waals surface area contributed by atoms with E-state index in [2.05, 4.69) is 10.3 Å². The van der Waals surface area contributed by atoms with Crippen LogP contribution in [0.4, 0.5) is 22.8 Å². The number of aryl methyl sites for hydroxylation is 2. The molecule has 21 heteroatoms. The Hall–Kier alpha value is -5.77. The highest BCUT2D eigenvalue weighted by molar-refractivity contribution is 8.76. The number of carbonyl (C=O) groups excluding carboxylic acids is 2. The minimum Gasteiger partial charge on any atom is -0.448 e. The second-order valence-corrected chi connectivity index (χ2v) is 18.7. The fourth-order valence-electron chi connectivity index (χ4n) is 5.57. The van der Waals surface area contributed by atoms with Gasteiger partial charge < -0.3 is 14.0 Å². The van der Waals surface area contributed by atoms with Gasteiger partial charge in [0.1, 0.15) is 24.7 Å². The lowest BCUT2D eigenvalue weighted by Gasteiger charge is -2.11. The fraction of sp³-hybridized carbons (Fsp3) is 0.179. The molecule has 60 heavy (non-hydrogen) atoms. The molecule has 6 rings (SSSR count). The maximum absolute atomic E-state index is 13.5. The van der Waals surface area contributed by atoms with Crippen molar-refractivity contribution in [3.05, 3.63) is 126 Å². The molecule has 0 radical (unpaired) electrons. The Kier molecular flexibility index (Phi) is 13.6. The molecular weight excluding hydrogens is 868 g/mol. The van der Waals surface area contributed by atoms with Crippen LogP contribution in [-0.4, -0.2) is 68.7 Å². The zero-order valence-corrected chi connectivity index (χ0v) is 34.8. The van der Waals surface area contributed by atoms with Gasteiger partial charge in [0, 0.05) is 22.6 Å². The molecule has 2 amide bonds. The Morgan fingerprint density at radius 1 is 0.717 bits per heavy atom. The maximum atomic E-state index is 13.5. The molecule has 0 aliphatic carbocycles. The minimum absolute atomic E-state index is 0.135. The number of sulfonamides is 2. The van der Waals surface area contributed by atoms with Crippen LogP contribution in [0.3, 0.4) is 0 Å². The van der Waals surface area contributed by atoms with Crippen LogP contribution < -0.4 is 9.44 Å². The Balaban J connectivity index is 0.906. The minimum atomic E-state index is -4.72. The molecule has 0 atom stereocenters. The molecule has 0 fully saturated rings. The van der Waals surface area contributed by atoms with E-state index < -0.39 is 44.1 Å². The molecular formula is C39H34F3N5O9S4. The molecule has 2 aromatic heterocycles. The normalized spacial score (nSPS) is 11.9. The maximum Gasteiger partial charge on any atom is 0.435 e. The van der Waals surface area contributed by atoms with Gasteiger partial charge in [-0.15, -0.1) is 0 Å². The van der Waals surface area contributed by atoms with Crippen molar-refractivity contribution in [3.63, 3.8) is 0 Å². The number of amides is 2. The Morgan fingerprint density at radius 3 is 1.77 bits per heavy atom. The largest absolute Gasteiger partial charge is 0.448 e. The highest BCUT2D eigenvalue weighted by atomic mass is 33.1. The number of hydrogen-bond donors (Lipinski definition) is 2. The Labute approximate surface area is 350 Å². The van der Waals surface area contributed by atoms with Crippen molar-refractivity contribution in [2.75, 3.05) is 24.7 Å². The first-order valence-corrected chi connectivity index (χ1v) is 23.1. The summed E-state index contributed by atoms with van der Waals surface area (Å²) in [6.07, 6.45) is -7.15. The molecule has 2 N–H and O–H groups in total. The molecule has 0 saturated heterocycles. The van der Waals surface area contributed by atoms with Crippen LogP contribution >= 0.6 is 21.6 Å². The first-order chi connectivity index (χ1) is 28.5. The molecule has 0 aliphatic heterocycles. The predicted molar refractivity (Wildman–Crippen MR) is 219 cm³/mol. The molecule has 6 aromatic rings. The van der Waals surface area contributed by atoms with Crippen LogP contribution in [-0.2, 0) is 35.7 Å². The van der Waals surface area contributed by atoms with Gasteiger partial charge in [-0.25, -0.2) is 40.6 Å². The summed E-state index contributed by atoms with van der Waals surface area (Å²) in [7, 11) is -6.23. The average Bonchev–Trinajstić information content (AvgIpc) is 3.84. The van der Waals surface area contributed by atoms with Gasteiger partial charge in [0.15, 0.2) is 5.69 Å². The number of alkyl halides is 3. The van der Waals surface area contributed by atoms with Crippen LogP contribution in [0.2, 0.25) is 0 Å². The number of rotatable bonds is 15. The van der Waals surface area contributed by atoms with Gasteiger partial charge in [-0.2, -0.15) is 18.3 Å². The lowest BCUT2D eigenvalue weighted by atomic mass is 10.00. The molecule has 0 aliphatic rings. The number of halogens is 3. The van der Waals surface area contributed by atoms with E-state index in [0.717, 1.165) is 39.6 Å².